The predicted octanol–water partition coefficient (Wildman–Crippen LogP) is 5.84. The summed E-state index contributed by atoms with van der Waals surface area (Å²) in [6.07, 6.45) is 0.260. The van der Waals surface area contributed by atoms with Crippen LogP contribution in [0.15, 0.2) is 10.1 Å². The molecule has 20 heavy (non-hydrogen) atoms. The number of hydrogen-bond donors (Lipinski definition) is 0. The van der Waals surface area contributed by atoms with Crippen molar-refractivity contribution < 1.29 is 9.05 Å². The Balaban J connectivity index is 2.55. The summed E-state index contributed by atoms with van der Waals surface area (Å²) in [5, 5.41) is -0.285. The van der Waals surface area contributed by atoms with E-state index in [-0.39, 0.29) is 11.5 Å². The van der Waals surface area contributed by atoms with Gasteiger partial charge in [-0.2, -0.15) is 0 Å². The molecule has 2 rings (SSSR count). The number of halogens is 6. The lowest BCUT2D eigenvalue weighted by molar-refractivity contribution is 0.353. The van der Waals surface area contributed by atoms with Gasteiger partial charge in [-0.05, 0) is 18.2 Å². The van der Waals surface area contributed by atoms with E-state index in [1.165, 1.54) is 25.6 Å². The minimum atomic E-state index is -2.66. The zero-order valence-electron chi connectivity index (χ0n) is 10.1. The molecule has 0 aromatic heterocycles. The standard InChI is InChI=1S/C9H9Cl6O2PS2/c1-16-18(19,17-2)20-7-3-8(13,5(11)4(7)10)9(14,15)6(7)12/h6H,3H2,1-2H3. The second-order valence-electron chi connectivity index (χ2n) is 4.38. The summed E-state index contributed by atoms with van der Waals surface area (Å²) in [5.74, 6) is 0. The van der Waals surface area contributed by atoms with Crippen LogP contribution in [0.3, 0.4) is 0 Å². The van der Waals surface area contributed by atoms with Crippen LogP contribution in [0.4, 0.5) is 0 Å². The number of hydrogen-bond acceptors (Lipinski definition) is 4. The fraction of sp³-hybridized carbons (Fsp3) is 0.778. The smallest absolute Gasteiger partial charge is 0.247 e. The Morgan fingerprint density at radius 3 is 2.15 bits per heavy atom. The summed E-state index contributed by atoms with van der Waals surface area (Å²) < 4.78 is 8.17. The first-order chi connectivity index (χ1) is 9.01. The molecular weight excluding hydrogens is 448 g/mol. The fourth-order valence-corrected chi connectivity index (χ4v) is 10.7. The van der Waals surface area contributed by atoms with Crippen molar-refractivity contribution in [1.82, 2.24) is 0 Å². The van der Waals surface area contributed by atoms with Gasteiger partial charge in [-0.15, -0.1) is 23.2 Å². The average molecular weight is 457 g/mol. The third-order valence-electron chi connectivity index (χ3n) is 3.40. The average Bonchev–Trinajstić information content (AvgIpc) is 2.69. The van der Waals surface area contributed by atoms with Crippen LogP contribution in [0.1, 0.15) is 6.42 Å². The Labute approximate surface area is 156 Å². The largest absolute Gasteiger partial charge is 0.325 e. The molecule has 0 aromatic rings. The van der Waals surface area contributed by atoms with Crippen LogP contribution in [0, 0.1) is 0 Å². The molecule has 0 N–H and O–H groups in total. The predicted molar refractivity (Wildman–Crippen MR) is 94.6 cm³/mol. The summed E-state index contributed by atoms with van der Waals surface area (Å²) in [6, 6.07) is 0. The highest BCUT2D eigenvalue weighted by molar-refractivity contribution is 8.68. The minimum Gasteiger partial charge on any atom is -0.325 e. The molecule has 0 saturated heterocycles. The van der Waals surface area contributed by atoms with Crippen molar-refractivity contribution in [2.24, 2.45) is 0 Å². The third-order valence-corrected chi connectivity index (χ3v) is 13.8. The first-order valence-corrected chi connectivity index (χ1v) is 11.6. The first-order valence-electron chi connectivity index (χ1n) is 5.20. The molecule has 1 saturated carbocycles. The SMILES string of the molecule is COP(=S)(OC)SC12CC(Cl)(C(Cl)=C1Cl)C(Cl)(Cl)C2Cl. The second kappa shape index (κ2) is 5.74. The molecule has 2 aliphatic carbocycles. The van der Waals surface area contributed by atoms with E-state index in [4.69, 9.17) is 90.5 Å². The molecule has 2 aliphatic rings. The van der Waals surface area contributed by atoms with E-state index in [2.05, 4.69) is 0 Å². The van der Waals surface area contributed by atoms with Crippen LogP contribution in [0.5, 0.6) is 0 Å². The molecule has 0 aromatic carbocycles. The van der Waals surface area contributed by atoms with Gasteiger partial charge in [0, 0.05) is 14.2 Å². The highest BCUT2D eigenvalue weighted by atomic mass is 35.5. The van der Waals surface area contributed by atoms with E-state index in [1.54, 1.807) is 0 Å². The van der Waals surface area contributed by atoms with Crippen LogP contribution in [0.2, 0.25) is 0 Å². The number of allylic oxidation sites excluding steroid dienone is 1. The van der Waals surface area contributed by atoms with E-state index >= 15 is 0 Å². The summed E-state index contributed by atoms with van der Waals surface area (Å²) in [4.78, 5) is -1.24. The Morgan fingerprint density at radius 1 is 1.20 bits per heavy atom. The minimum absolute atomic E-state index is 0.198. The molecule has 2 nitrogen and oxygen atoms in total. The van der Waals surface area contributed by atoms with Gasteiger partial charge in [0.15, 0.2) is 4.33 Å². The monoisotopic (exact) mass is 454 g/mol. The molecule has 116 valence electrons. The quantitative estimate of drug-likeness (QED) is 0.390. The molecular formula is C9H9Cl6O2PS2. The summed E-state index contributed by atoms with van der Waals surface area (Å²) in [5.41, 5.74) is -2.66. The van der Waals surface area contributed by atoms with Gasteiger partial charge < -0.3 is 9.05 Å². The van der Waals surface area contributed by atoms with E-state index in [0.29, 0.717) is 5.03 Å². The number of fused-ring (bicyclic) bond motifs is 2. The lowest BCUT2D eigenvalue weighted by Gasteiger charge is -2.39. The van der Waals surface area contributed by atoms with Crippen LogP contribution in [-0.2, 0) is 20.9 Å². The Morgan fingerprint density at radius 2 is 1.70 bits per heavy atom. The molecule has 2 bridgehead atoms. The summed E-state index contributed by atoms with van der Waals surface area (Å²) in [7, 11) is 2.92. The molecule has 3 atom stereocenters. The molecule has 0 amide bonds. The normalized spacial score (nSPS) is 39.7. The summed E-state index contributed by atoms with van der Waals surface area (Å²) in [6.45, 7) is 0. The molecule has 0 spiro atoms. The van der Waals surface area contributed by atoms with Gasteiger partial charge in [-0.25, -0.2) is 0 Å². The van der Waals surface area contributed by atoms with E-state index < -0.39 is 25.0 Å². The topological polar surface area (TPSA) is 18.5 Å². The van der Waals surface area contributed by atoms with Crippen LogP contribution in [0.25, 0.3) is 0 Å². The number of rotatable bonds is 4. The zero-order valence-corrected chi connectivity index (χ0v) is 17.2. The maximum absolute atomic E-state index is 6.49. The third kappa shape index (κ3) is 2.33. The Bertz CT molecular complexity index is 521. The maximum atomic E-state index is 6.49. The van der Waals surface area contributed by atoms with E-state index in [0.717, 1.165) is 0 Å². The Hall–Kier alpha value is 2.40. The lowest BCUT2D eigenvalue weighted by atomic mass is 10.0. The van der Waals surface area contributed by atoms with Crippen molar-refractivity contribution >= 4 is 98.5 Å². The molecule has 0 radical (unpaired) electrons. The lowest BCUT2D eigenvalue weighted by Crippen LogP contribution is -2.47. The van der Waals surface area contributed by atoms with E-state index in [9.17, 15) is 0 Å². The molecule has 11 heteroatoms. The second-order valence-corrected chi connectivity index (χ2v) is 14.3. The molecule has 1 fully saturated rings. The van der Waals surface area contributed by atoms with Crippen LogP contribution < -0.4 is 0 Å². The maximum Gasteiger partial charge on any atom is 0.247 e. The van der Waals surface area contributed by atoms with Crippen molar-refractivity contribution in [3.63, 3.8) is 0 Å². The van der Waals surface area contributed by atoms with E-state index in [1.807, 2.05) is 0 Å². The zero-order chi connectivity index (χ0) is 15.6. The van der Waals surface area contributed by atoms with Gasteiger partial charge in [0.1, 0.15) is 4.87 Å². The van der Waals surface area contributed by atoms with Gasteiger partial charge in [0.25, 0.3) is 0 Å². The van der Waals surface area contributed by atoms with Gasteiger partial charge in [0.2, 0.25) is 5.69 Å². The van der Waals surface area contributed by atoms with Gasteiger partial charge in [-0.3, -0.25) is 0 Å². The van der Waals surface area contributed by atoms with Crippen molar-refractivity contribution in [3.05, 3.63) is 10.1 Å². The van der Waals surface area contributed by atoms with Gasteiger partial charge >= 0.3 is 0 Å². The highest BCUT2D eigenvalue weighted by Crippen LogP contribution is 2.79. The fourth-order valence-electron chi connectivity index (χ4n) is 2.30. The summed E-state index contributed by atoms with van der Waals surface area (Å²) >= 11 is 44.7. The molecule has 0 heterocycles. The van der Waals surface area contributed by atoms with Crippen molar-refractivity contribution in [3.8, 4) is 0 Å². The van der Waals surface area contributed by atoms with Gasteiger partial charge in [0.05, 0.1) is 20.2 Å². The van der Waals surface area contributed by atoms with Crippen LogP contribution in [-0.4, -0.2) is 33.6 Å². The molecule has 0 aliphatic heterocycles. The van der Waals surface area contributed by atoms with Crippen molar-refractivity contribution in [1.29, 1.82) is 0 Å². The van der Waals surface area contributed by atoms with Crippen LogP contribution >= 0.6 is 86.7 Å². The highest BCUT2D eigenvalue weighted by Gasteiger charge is 2.76. The first kappa shape index (κ1) is 18.7. The Kier molecular flexibility index (Phi) is 5.37. The number of alkyl halides is 4. The van der Waals surface area contributed by atoms with Crippen molar-refractivity contribution in [2.45, 2.75) is 25.8 Å². The van der Waals surface area contributed by atoms with Crippen molar-refractivity contribution in [2.75, 3.05) is 14.2 Å². The molecule has 3 unspecified atom stereocenters. The van der Waals surface area contributed by atoms with Gasteiger partial charge in [-0.1, -0.05) is 57.8 Å².